The molecular weight excluding hydrogens is 422 g/mol. The van der Waals surface area contributed by atoms with Gasteiger partial charge >= 0.3 is 6.03 Å². The summed E-state index contributed by atoms with van der Waals surface area (Å²) in [5.41, 5.74) is 0.294. The van der Waals surface area contributed by atoms with E-state index >= 15 is 0 Å². The molecule has 158 valence electrons. The average molecular weight is 446 g/mol. The summed E-state index contributed by atoms with van der Waals surface area (Å²) in [5.74, 6) is 1.16. The molecule has 1 aliphatic heterocycles. The Morgan fingerprint density at radius 1 is 1.20 bits per heavy atom. The summed E-state index contributed by atoms with van der Waals surface area (Å²) in [6, 6.07) is 9.44. The molecule has 7 nitrogen and oxygen atoms in total. The number of hydrogen-bond donors (Lipinski definition) is 1. The molecule has 3 heterocycles. The van der Waals surface area contributed by atoms with Gasteiger partial charge in [0.15, 0.2) is 4.21 Å². The fourth-order valence-corrected chi connectivity index (χ4v) is 6.41. The summed E-state index contributed by atoms with van der Waals surface area (Å²) < 4.78 is 32.0. The van der Waals surface area contributed by atoms with E-state index in [9.17, 15) is 13.2 Å². The van der Waals surface area contributed by atoms with E-state index < -0.39 is 9.84 Å². The summed E-state index contributed by atoms with van der Waals surface area (Å²) in [4.78, 5) is 19.6. The van der Waals surface area contributed by atoms with Crippen molar-refractivity contribution in [3.05, 3.63) is 42.6 Å². The van der Waals surface area contributed by atoms with Crippen LogP contribution in [0.25, 0.3) is 10.2 Å². The van der Waals surface area contributed by atoms with E-state index in [0.717, 1.165) is 24.2 Å². The number of hydrogen-bond acceptors (Lipinski definition) is 6. The number of carbonyl (C=O) groups is 1. The summed E-state index contributed by atoms with van der Waals surface area (Å²) in [5, 5.41) is 3.49. The van der Waals surface area contributed by atoms with Crippen molar-refractivity contribution in [2.75, 3.05) is 25.5 Å². The third kappa shape index (κ3) is 3.87. The minimum Gasteiger partial charge on any atom is -0.497 e. The van der Waals surface area contributed by atoms with Gasteiger partial charge in [0.1, 0.15) is 10.6 Å². The number of likely N-dealkylation sites (tertiary alicyclic amines) is 1. The van der Waals surface area contributed by atoms with Crippen LogP contribution in [-0.2, 0) is 9.84 Å². The molecule has 0 saturated carbocycles. The number of fused-ring (bicyclic) bond motifs is 1. The van der Waals surface area contributed by atoms with E-state index in [2.05, 4.69) is 17.2 Å². The molecule has 0 spiro atoms. The first-order valence-electron chi connectivity index (χ1n) is 9.72. The Hall–Kier alpha value is -2.65. The zero-order valence-corrected chi connectivity index (χ0v) is 18.4. The molecule has 9 heteroatoms. The monoisotopic (exact) mass is 445 g/mol. The number of methoxy groups -OCH3 is 1. The maximum Gasteiger partial charge on any atom is 0.321 e. The van der Waals surface area contributed by atoms with Crippen LogP contribution in [-0.4, -0.2) is 44.5 Å². The SMILES string of the molecule is COc1ccc(S(=O)(=O)c2sc3ncccc3c2NC(=O)N2CCC(C)CC2)cc1. The third-order valence-corrected chi connectivity index (χ3v) is 8.75. The van der Waals surface area contributed by atoms with Crippen LogP contribution in [0.1, 0.15) is 19.8 Å². The molecule has 0 bridgehead atoms. The lowest BCUT2D eigenvalue weighted by molar-refractivity contribution is 0.186. The molecule has 4 rings (SSSR count). The number of amides is 2. The number of rotatable bonds is 4. The molecule has 2 aromatic heterocycles. The predicted molar refractivity (Wildman–Crippen MR) is 117 cm³/mol. The number of piperidine rings is 1. The highest BCUT2D eigenvalue weighted by Crippen LogP contribution is 2.41. The quantitative estimate of drug-likeness (QED) is 0.643. The fourth-order valence-electron chi connectivity index (χ4n) is 3.48. The maximum atomic E-state index is 13.4. The standard InChI is InChI=1S/C21H23N3O4S2/c1-14-9-12-24(13-10-14)21(25)23-18-17-4-3-11-22-19(17)29-20(18)30(26,27)16-7-5-15(28-2)6-8-16/h3-8,11,14H,9-10,12-13H2,1-2H3,(H,23,25). The van der Waals surface area contributed by atoms with Gasteiger partial charge in [0.2, 0.25) is 9.84 Å². The zero-order chi connectivity index (χ0) is 21.3. The van der Waals surface area contributed by atoms with Gasteiger partial charge in [0, 0.05) is 24.7 Å². The van der Waals surface area contributed by atoms with Gasteiger partial charge < -0.3 is 15.0 Å². The van der Waals surface area contributed by atoms with E-state index in [-0.39, 0.29) is 15.1 Å². The Morgan fingerprint density at radius 2 is 1.90 bits per heavy atom. The molecule has 2 amide bonds. The highest BCUT2D eigenvalue weighted by Gasteiger charge is 2.29. The van der Waals surface area contributed by atoms with E-state index in [1.54, 1.807) is 35.4 Å². The summed E-state index contributed by atoms with van der Waals surface area (Å²) in [7, 11) is -2.33. The number of carbonyl (C=O) groups excluding carboxylic acids is 1. The lowest BCUT2D eigenvalue weighted by Crippen LogP contribution is -2.40. The molecular formula is C21H23N3O4S2. The summed E-state index contributed by atoms with van der Waals surface area (Å²) >= 11 is 1.06. The van der Waals surface area contributed by atoms with Gasteiger partial charge in [0.05, 0.1) is 17.7 Å². The Bertz CT molecular complexity index is 1160. The molecule has 30 heavy (non-hydrogen) atoms. The second-order valence-electron chi connectivity index (χ2n) is 7.40. The van der Waals surface area contributed by atoms with E-state index in [0.29, 0.717) is 40.7 Å². The fraction of sp³-hybridized carbons (Fsp3) is 0.333. The van der Waals surface area contributed by atoms with Crippen LogP contribution in [0.4, 0.5) is 10.5 Å². The van der Waals surface area contributed by atoms with Gasteiger partial charge in [-0.25, -0.2) is 18.2 Å². The number of nitrogens with one attached hydrogen (secondary N) is 1. The lowest BCUT2D eigenvalue weighted by Gasteiger charge is -2.30. The molecule has 1 aromatic carbocycles. The summed E-state index contributed by atoms with van der Waals surface area (Å²) in [6.45, 7) is 3.49. The van der Waals surface area contributed by atoms with Crippen molar-refractivity contribution in [3.63, 3.8) is 0 Å². The molecule has 0 radical (unpaired) electrons. The van der Waals surface area contributed by atoms with E-state index in [4.69, 9.17) is 4.74 Å². The summed E-state index contributed by atoms with van der Waals surface area (Å²) in [6.07, 6.45) is 3.49. The van der Waals surface area contributed by atoms with Crippen LogP contribution in [0, 0.1) is 5.92 Å². The van der Waals surface area contributed by atoms with Crippen LogP contribution >= 0.6 is 11.3 Å². The van der Waals surface area contributed by atoms with Crippen molar-refractivity contribution < 1.29 is 17.9 Å². The average Bonchev–Trinajstić information content (AvgIpc) is 3.13. The van der Waals surface area contributed by atoms with Crippen LogP contribution in [0.15, 0.2) is 51.7 Å². The first-order chi connectivity index (χ1) is 14.4. The van der Waals surface area contributed by atoms with E-state index in [1.165, 1.54) is 19.2 Å². The van der Waals surface area contributed by atoms with Crippen LogP contribution in [0.5, 0.6) is 5.75 Å². The molecule has 0 aliphatic carbocycles. The van der Waals surface area contributed by atoms with Crippen molar-refractivity contribution in [1.29, 1.82) is 0 Å². The molecule has 3 aromatic rings. The number of sulfone groups is 1. The largest absolute Gasteiger partial charge is 0.497 e. The number of benzene rings is 1. The van der Waals surface area contributed by atoms with Gasteiger partial charge in [-0.3, -0.25) is 0 Å². The second-order valence-corrected chi connectivity index (χ2v) is 10.5. The number of anilines is 1. The number of ether oxygens (including phenoxy) is 1. The van der Waals surface area contributed by atoms with Crippen LogP contribution < -0.4 is 10.1 Å². The smallest absolute Gasteiger partial charge is 0.321 e. The molecule has 0 atom stereocenters. The molecule has 1 saturated heterocycles. The van der Waals surface area contributed by atoms with Gasteiger partial charge in [-0.05, 0) is 55.2 Å². The second kappa shape index (κ2) is 8.23. The highest BCUT2D eigenvalue weighted by molar-refractivity contribution is 7.93. The van der Waals surface area contributed by atoms with Crippen molar-refractivity contribution >= 4 is 43.1 Å². The first-order valence-corrected chi connectivity index (χ1v) is 12.0. The van der Waals surface area contributed by atoms with Gasteiger partial charge in [0.25, 0.3) is 0 Å². The molecule has 0 unspecified atom stereocenters. The Morgan fingerprint density at radius 3 is 2.57 bits per heavy atom. The normalized spacial score (nSPS) is 15.3. The Labute approximate surface area is 179 Å². The van der Waals surface area contributed by atoms with Crippen molar-refractivity contribution in [1.82, 2.24) is 9.88 Å². The van der Waals surface area contributed by atoms with Crippen molar-refractivity contribution in [2.45, 2.75) is 28.9 Å². The maximum absolute atomic E-state index is 13.4. The predicted octanol–water partition coefficient (Wildman–Crippen LogP) is 4.40. The van der Waals surface area contributed by atoms with E-state index in [1.807, 2.05) is 0 Å². The topological polar surface area (TPSA) is 88.6 Å². The Balaban J connectivity index is 1.73. The van der Waals surface area contributed by atoms with Crippen LogP contribution in [0.3, 0.4) is 0 Å². The van der Waals surface area contributed by atoms with Crippen molar-refractivity contribution in [3.8, 4) is 5.75 Å². The molecule has 1 N–H and O–H groups in total. The minimum atomic E-state index is -3.85. The number of pyridine rings is 1. The minimum absolute atomic E-state index is 0.0834. The number of aromatic nitrogens is 1. The van der Waals surface area contributed by atoms with Gasteiger partial charge in [-0.2, -0.15) is 0 Å². The van der Waals surface area contributed by atoms with Gasteiger partial charge in [-0.15, -0.1) is 11.3 Å². The first kappa shape index (κ1) is 20.6. The number of urea groups is 1. The van der Waals surface area contributed by atoms with Crippen molar-refractivity contribution in [2.24, 2.45) is 5.92 Å². The molecule has 1 aliphatic rings. The van der Waals surface area contributed by atoms with Gasteiger partial charge in [-0.1, -0.05) is 6.92 Å². The lowest BCUT2D eigenvalue weighted by atomic mass is 10.00. The zero-order valence-electron chi connectivity index (χ0n) is 16.8. The van der Waals surface area contributed by atoms with Crippen LogP contribution in [0.2, 0.25) is 0 Å². The third-order valence-electron chi connectivity index (χ3n) is 5.35. The molecule has 1 fully saturated rings. The number of thiophene rings is 1. The number of nitrogens with zero attached hydrogens (tertiary/aromatic N) is 2. The highest BCUT2D eigenvalue weighted by atomic mass is 32.2. The Kier molecular flexibility index (Phi) is 5.66.